The van der Waals surface area contributed by atoms with E-state index in [1.807, 2.05) is 0 Å². The number of imidazole rings is 1. The third-order valence-electron chi connectivity index (χ3n) is 6.19. The van der Waals surface area contributed by atoms with Crippen LogP contribution < -0.4 is 0 Å². The fourth-order valence-electron chi connectivity index (χ4n) is 4.53. The van der Waals surface area contributed by atoms with Gasteiger partial charge in [0, 0.05) is 19.0 Å². The molecule has 1 aliphatic rings. The van der Waals surface area contributed by atoms with Gasteiger partial charge in [0.1, 0.15) is 34.2 Å². The number of piperidine rings is 1. The van der Waals surface area contributed by atoms with Crippen LogP contribution in [0.25, 0.3) is 22.3 Å². The lowest BCUT2D eigenvalue weighted by molar-refractivity contribution is 0.0610. The van der Waals surface area contributed by atoms with E-state index in [2.05, 4.69) is 15.1 Å². The lowest BCUT2D eigenvalue weighted by atomic mass is 9.96. The van der Waals surface area contributed by atoms with Gasteiger partial charge in [-0.3, -0.25) is 4.79 Å². The number of rotatable bonds is 4. The summed E-state index contributed by atoms with van der Waals surface area (Å²) in [7, 11) is 0. The Morgan fingerprint density at radius 2 is 2.03 bits per heavy atom. The molecule has 1 amide bonds. The van der Waals surface area contributed by atoms with Gasteiger partial charge < -0.3 is 14.4 Å². The molecule has 1 unspecified atom stereocenters. The standard InChI is InChI=1S/C24H20ClF3N4O2/c1-12-19(23(31-34-12)20-14(25)6-4-7-15(20)26)24(33)32-10-3-2-5-13(32)11-18-29-17-9-8-16(27)21(28)22(17)30-18/h4,6-9,13H,2-3,5,10-11H2,1H3,(H,29,30). The predicted octanol–water partition coefficient (Wildman–Crippen LogP) is 5.83. The van der Waals surface area contributed by atoms with Crippen molar-refractivity contribution in [3.05, 3.63) is 70.0 Å². The van der Waals surface area contributed by atoms with Crippen molar-refractivity contribution in [2.24, 2.45) is 0 Å². The summed E-state index contributed by atoms with van der Waals surface area (Å²) in [5.41, 5.74) is 0.518. The average Bonchev–Trinajstić information content (AvgIpc) is 3.40. The Morgan fingerprint density at radius 1 is 1.21 bits per heavy atom. The summed E-state index contributed by atoms with van der Waals surface area (Å²) >= 11 is 6.22. The zero-order valence-electron chi connectivity index (χ0n) is 18.2. The van der Waals surface area contributed by atoms with Crippen molar-refractivity contribution in [2.45, 2.75) is 38.6 Å². The van der Waals surface area contributed by atoms with E-state index in [9.17, 15) is 18.0 Å². The van der Waals surface area contributed by atoms with Crippen LogP contribution in [0.3, 0.4) is 0 Å². The van der Waals surface area contributed by atoms with Crippen LogP contribution in [-0.4, -0.2) is 38.5 Å². The minimum atomic E-state index is -1.01. The molecule has 3 heterocycles. The lowest BCUT2D eigenvalue weighted by Crippen LogP contribution is -2.45. The molecule has 0 spiro atoms. The molecule has 2 aromatic heterocycles. The normalized spacial score (nSPS) is 16.4. The first-order chi connectivity index (χ1) is 16.3. The minimum absolute atomic E-state index is 0.00714. The van der Waals surface area contributed by atoms with Crippen LogP contribution in [-0.2, 0) is 6.42 Å². The molecule has 176 valence electrons. The lowest BCUT2D eigenvalue weighted by Gasteiger charge is -2.35. The van der Waals surface area contributed by atoms with Crippen molar-refractivity contribution in [3.63, 3.8) is 0 Å². The summed E-state index contributed by atoms with van der Waals surface area (Å²) < 4.78 is 47.6. The van der Waals surface area contributed by atoms with E-state index in [1.54, 1.807) is 11.8 Å². The predicted molar refractivity (Wildman–Crippen MR) is 120 cm³/mol. The van der Waals surface area contributed by atoms with Crippen molar-refractivity contribution in [3.8, 4) is 11.3 Å². The molecule has 0 saturated carbocycles. The number of carbonyl (C=O) groups is 1. The van der Waals surface area contributed by atoms with Crippen LogP contribution in [0.5, 0.6) is 0 Å². The van der Waals surface area contributed by atoms with Gasteiger partial charge >= 0.3 is 0 Å². The Morgan fingerprint density at radius 3 is 2.82 bits per heavy atom. The van der Waals surface area contributed by atoms with E-state index < -0.39 is 17.5 Å². The topological polar surface area (TPSA) is 75.0 Å². The van der Waals surface area contributed by atoms with Gasteiger partial charge in [0.15, 0.2) is 11.6 Å². The van der Waals surface area contributed by atoms with Gasteiger partial charge in [0.25, 0.3) is 5.91 Å². The first kappa shape index (κ1) is 22.5. The first-order valence-corrected chi connectivity index (χ1v) is 11.3. The van der Waals surface area contributed by atoms with Crippen molar-refractivity contribution < 1.29 is 22.5 Å². The maximum absolute atomic E-state index is 14.6. The number of carbonyl (C=O) groups excluding carboxylic acids is 1. The molecule has 1 aliphatic heterocycles. The minimum Gasteiger partial charge on any atom is -0.360 e. The van der Waals surface area contributed by atoms with Gasteiger partial charge in [-0.2, -0.15) is 0 Å². The number of amides is 1. The highest BCUT2D eigenvalue weighted by Gasteiger charge is 2.34. The molecule has 1 saturated heterocycles. The Kier molecular flexibility index (Phi) is 5.81. The number of nitrogens with zero attached hydrogens (tertiary/aromatic N) is 3. The summed E-state index contributed by atoms with van der Waals surface area (Å²) in [6.45, 7) is 2.07. The number of fused-ring (bicyclic) bond motifs is 1. The molecular formula is C24H20ClF3N4O2. The zero-order valence-corrected chi connectivity index (χ0v) is 18.9. The number of nitrogens with one attached hydrogen (secondary N) is 1. The summed E-state index contributed by atoms with van der Waals surface area (Å²) in [4.78, 5) is 22.6. The van der Waals surface area contributed by atoms with Crippen LogP contribution in [0.2, 0.25) is 5.02 Å². The molecule has 2 aromatic carbocycles. The summed E-state index contributed by atoms with van der Waals surface area (Å²) in [6.07, 6.45) is 2.70. The monoisotopic (exact) mass is 488 g/mol. The summed E-state index contributed by atoms with van der Waals surface area (Å²) in [5.74, 6) is -2.24. The number of aromatic amines is 1. The number of halogens is 4. The van der Waals surface area contributed by atoms with Gasteiger partial charge in [-0.05, 0) is 50.5 Å². The van der Waals surface area contributed by atoms with Crippen LogP contribution in [0.1, 0.15) is 41.2 Å². The fraction of sp³-hybridized carbons (Fsp3) is 0.292. The molecule has 5 rings (SSSR count). The van der Waals surface area contributed by atoms with Crippen molar-refractivity contribution >= 4 is 28.5 Å². The Labute approximate surface area is 197 Å². The summed E-state index contributed by atoms with van der Waals surface area (Å²) in [5, 5.41) is 4.06. The Balaban J connectivity index is 1.48. The third-order valence-corrected chi connectivity index (χ3v) is 6.50. The molecule has 1 fully saturated rings. The molecule has 6 nitrogen and oxygen atoms in total. The van der Waals surface area contributed by atoms with Gasteiger partial charge in [0.05, 0.1) is 16.1 Å². The Bertz CT molecular complexity index is 1380. The molecule has 1 N–H and O–H groups in total. The maximum Gasteiger partial charge on any atom is 0.260 e. The number of hydrogen-bond acceptors (Lipinski definition) is 4. The number of hydrogen-bond donors (Lipinski definition) is 1. The number of aryl methyl sites for hydroxylation is 1. The second kappa shape index (κ2) is 8.79. The van der Waals surface area contributed by atoms with Crippen molar-refractivity contribution in [1.29, 1.82) is 0 Å². The van der Waals surface area contributed by atoms with Crippen LogP contribution >= 0.6 is 11.6 Å². The smallest absolute Gasteiger partial charge is 0.260 e. The van der Waals surface area contributed by atoms with Crippen molar-refractivity contribution in [1.82, 2.24) is 20.0 Å². The molecule has 0 bridgehead atoms. The largest absolute Gasteiger partial charge is 0.360 e. The molecule has 0 radical (unpaired) electrons. The van der Waals surface area contributed by atoms with Gasteiger partial charge in [-0.15, -0.1) is 0 Å². The second-order valence-corrected chi connectivity index (χ2v) is 8.76. The second-order valence-electron chi connectivity index (χ2n) is 8.35. The van der Waals surface area contributed by atoms with Crippen LogP contribution in [0.15, 0.2) is 34.9 Å². The number of aromatic nitrogens is 3. The van der Waals surface area contributed by atoms with E-state index in [4.69, 9.17) is 16.1 Å². The van der Waals surface area contributed by atoms with Gasteiger partial charge in [-0.25, -0.2) is 18.2 Å². The number of benzene rings is 2. The van der Waals surface area contributed by atoms with Crippen LogP contribution in [0.4, 0.5) is 13.2 Å². The van der Waals surface area contributed by atoms with E-state index in [1.165, 1.54) is 24.3 Å². The van der Waals surface area contributed by atoms with Crippen molar-refractivity contribution in [2.75, 3.05) is 6.54 Å². The number of H-pyrrole nitrogens is 1. The number of likely N-dealkylation sites (tertiary alicyclic amines) is 1. The zero-order chi connectivity index (χ0) is 24.0. The molecule has 0 aliphatic carbocycles. The Hall–Kier alpha value is -3.33. The highest BCUT2D eigenvalue weighted by Crippen LogP contribution is 2.35. The average molecular weight is 489 g/mol. The van der Waals surface area contributed by atoms with E-state index >= 15 is 0 Å². The SMILES string of the molecule is Cc1onc(-c2c(F)cccc2Cl)c1C(=O)N1CCCCC1Cc1nc2c(F)c(F)ccc2[nH]1. The molecule has 1 atom stereocenters. The quantitative estimate of drug-likeness (QED) is 0.392. The van der Waals surface area contributed by atoms with Crippen LogP contribution in [0, 0.1) is 24.4 Å². The highest BCUT2D eigenvalue weighted by molar-refractivity contribution is 6.33. The fourth-order valence-corrected chi connectivity index (χ4v) is 4.78. The van der Waals surface area contributed by atoms with Gasteiger partial charge in [0.2, 0.25) is 0 Å². The molecule has 34 heavy (non-hydrogen) atoms. The van der Waals surface area contributed by atoms with Gasteiger partial charge in [-0.1, -0.05) is 22.8 Å². The molecular weight excluding hydrogens is 469 g/mol. The summed E-state index contributed by atoms with van der Waals surface area (Å²) in [6, 6.07) is 6.45. The van der Waals surface area contributed by atoms with E-state index in [0.717, 1.165) is 18.9 Å². The molecule has 10 heteroatoms. The van der Waals surface area contributed by atoms with E-state index in [0.29, 0.717) is 30.7 Å². The molecule has 4 aromatic rings. The van der Waals surface area contributed by atoms with E-state index in [-0.39, 0.29) is 45.1 Å². The maximum atomic E-state index is 14.6. The highest BCUT2D eigenvalue weighted by atomic mass is 35.5. The third kappa shape index (κ3) is 3.83. The first-order valence-electron chi connectivity index (χ1n) is 10.9.